The average Bonchev–Trinajstić information content (AvgIpc) is 2.17. The number of halogens is 1. The van der Waals surface area contributed by atoms with Gasteiger partial charge in [0.15, 0.2) is 0 Å². The van der Waals surface area contributed by atoms with Gasteiger partial charge in [0, 0.05) is 10.0 Å². The molecule has 0 aliphatic rings. The van der Waals surface area contributed by atoms with Crippen LogP contribution in [0.4, 0.5) is 0 Å². The molecular weight excluding hydrogens is 246 g/mol. The summed E-state index contributed by atoms with van der Waals surface area (Å²) in [4.78, 5) is 0. The smallest absolute Gasteiger partial charge is 0.125 e. The van der Waals surface area contributed by atoms with Gasteiger partial charge in [-0.15, -0.1) is 0 Å². The number of aliphatic hydroxyl groups is 1. The minimum absolute atomic E-state index is 0.459. The van der Waals surface area contributed by atoms with Crippen molar-refractivity contribution in [2.75, 3.05) is 13.7 Å². The molecule has 3 N–H and O–H groups in total. The summed E-state index contributed by atoms with van der Waals surface area (Å²) >= 11 is 3.34. The molecule has 1 atom stereocenters. The Morgan fingerprint density at radius 3 is 2.86 bits per heavy atom. The number of nitrogens with two attached hydrogens (primary N) is 1. The summed E-state index contributed by atoms with van der Waals surface area (Å²) < 4.78 is 6.09. The molecule has 78 valence electrons. The average molecular weight is 260 g/mol. The van der Waals surface area contributed by atoms with Gasteiger partial charge in [-0.2, -0.15) is 0 Å². The van der Waals surface area contributed by atoms with E-state index >= 15 is 0 Å². The minimum atomic E-state index is -0.553. The molecule has 1 unspecified atom stereocenters. The van der Waals surface area contributed by atoms with Gasteiger partial charge in [0.25, 0.3) is 0 Å². The van der Waals surface area contributed by atoms with Gasteiger partial charge in [-0.05, 0) is 25.1 Å². The van der Waals surface area contributed by atoms with Gasteiger partial charge in [0.1, 0.15) is 5.75 Å². The van der Waals surface area contributed by atoms with Crippen LogP contribution in [0.1, 0.15) is 18.1 Å². The Morgan fingerprint density at radius 1 is 1.57 bits per heavy atom. The first kappa shape index (κ1) is 11.5. The Bertz CT molecular complexity index is 304. The maximum atomic E-state index is 9.75. The lowest BCUT2D eigenvalue weighted by Gasteiger charge is -2.14. The quantitative estimate of drug-likeness (QED) is 0.868. The van der Waals surface area contributed by atoms with Crippen LogP contribution < -0.4 is 10.5 Å². The summed E-state index contributed by atoms with van der Waals surface area (Å²) in [5.41, 5.74) is 6.16. The van der Waals surface area contributed by atoms with E-state index in [4.69, 9.17) is 10.5 Å². The van der Waals surface area contributed by atoms with Crippen LogP contribution in [0.25, 0.3) is 0 Å². The van der Waals surface area contributed by atoms with Gasteiger partial charge in [0.05, 0.1) is 13.2 Å². The van der Waals surface area contributed by atoms with Crippen molar-refractivity contribution in [3.05, 3.63) is 28.2 Å². The molecule has 0 aromatic heterocycles. The monoisotopic (exact) mass is 259 g/mol. The summed E-state index contributed by atoms with van der Waals surface area (Å²) in [6, 6.07) is 5.54. The van der Waals surface area contributed by atoms with Gasteiger partial charge in [-0.25, -0.2) is 0 Å². The molecule has 0 heterocycles. The maximum absolute atomic E-state index is 9.75. The topological polar surface area (TPSA) is 55.5 Å². The Morgan fingerprint density at radius 2 is 2.29 bits per heavy atom. The van der Waals surface area contributed by atoms with E-state index in [9.17, 15) is 5.11 Å². The summed E-state index contributed by atoms with van der Waals surface area (Å²) in [7, 11) is 1.58. The number of hydrogen-bond acceptors (Lipinski definition) is 3. The Kier molecular flexibility index (Phi) is 4.38. The maximum Gasteiger partial charge on any atom is 0.125 e. The van der Waals surface area contributed by atoms with Gasteiger partial charge in [0.2, 0.25) is 0 Å². The van der Waals surface area contributed by atoms with E-state index in [-0.39, 0.29) is 0 Å². The summed E-state index contributed by atoms with van der Waals surface area (Å²) in [5, 5.41) is 9.75. The Hall–Kier alpha value is -0.580. The highest BCUT2D eigenvalue weighted by molar-refractivity contribution is 9.10. The summed E-state index contributed by atoms with van der Waals surface area (Å²) in [6.45, 7) is 0.459. The number of hydrogen-bond donors (Lipinski definition) is 2. The van der Waals surface area contributed by atoms with Crippen molar-refractivity contribution in [3.8, 4) is 5.75 Å². The SMILES string of the molecule is COc1cc(Br)ccc1C(O)CCN. The second-order valence-corrected chi connectivity index (χ2v) is 3.90. The first-order chi connectivity index (χ1) is 6.69. The van der Waals surface area contributed by atoms with Crippen LogP contribution >= 0.6 is 15.9 Å². The standard InChI is InChI=1S/C10H14BrNO2/c1-14-10-6-7(11)2-3-8(10)9(13)4-5-12/h2-3,6,9,13H,4-5,12H2,1H3. The van der Waals surface area contributed by atoms with Crippen LogP contribution in [0.2, 0.25) is 0 Å². The van der Waals surface area contributed by atoms with Crippen molar-refractivity contribution >= 4 is 15.9 Å². The molecule has 1 rings (SSSR count). The molecule has 1 aromatic rings. The van der Waals surface area contributed by atoms with E-state index in [1.807, 2.05) is 18.2 Å². The molecule has 0 bridgehead atoms. The second kappa shape index (κ2) is 5.34. The number of aliphatic hydroxyl groups excluding tert-OH is 1. The molecule has 4 heteroatoms. The van der Waals surface area contributed by atoms with E-state index in [1.165, 1.54) is 0 Å². The molecule has 0 radical (unpaired) electrons. The van der Waals surface area contributed by atoms with Crippen LogP contribution in [-0.2, 0) is 0 Å². The van der Waals surface area contributed by atoms with Crippen molar-refractivity contribution in [2.45, 2.75) is 12.5 Å². The van der Waals surface area contributed by atoms with Gasteiger partial charge in [-0.1, -0.05) is 22.0 Å². The van der Waals surface area contributed by atoms with Crippen LogP contribution in [0, 0.1) is 0 Å². The van der Waals surface area contributed by atoms with E-state index in [0.717, 1.165) is 10.0 Å². The predicted molar refractivity (Wildman–Crippen MR) is 59.3 cm³/mol. The lowest BCUT2D eigenvalue weighted by atomic mass is 10.1. The normalized spacial score (nSPS) is 12.6. The number of ether oxygens (including phenoxy) is 1. The molecule has 0 spiro atoms. The van der Waals surface area contributed by atoms with Gasteiger partial charge in [-0.3, -0.25) is 0 Å². The first-order valence-electron chi connectivity index (χ1n) is 4.40. The third kappa shape index (κ3) is 2.70. The van der Waals surface area contributed by atoms with Crippen molar-refractivity contribution in [2.24, 2.45) is 5.73 Å². The molecule has 1 aromatic carbocycles. The molecule has 0 saturated heterocycles. The Labute approximate surface area is 92.0 Å². The highest BCUT2D eigenvalue weighted by Crippen LogP contribution is 2.29. The largest absolute Gasteiger partial charge is 0.496 e. The molecule has 0 aliphatic heterocycles. The number of rotatable bonds is 4. The predicted octanol–water partition coefficient (Wildman–Crippen LogP) is 1.84. The van der Waals surface area contributed by atoms with E-state index in [1.54, 1.807) is 7.11 Å². The highest BCUT2D eigenvalue weighted by Gasteiger charge is 2.12. The highest BCUT2D eigenvalue weighted by atomic mass is 79.9. The fraction of sp³-hybridized carbons (Fsp3) is 0.400. The lowest BCUT2D eigenvalue weighted by Crippen LogP contribution is -2.07. The summed E-state index contributed by atoms with van der Waals surface area (Å²) in [5.74, 6) is 0.681. The van der Waals surface area contributed by atoms with Crippen molar-refractivity contribution in [1.29, 1.82) is 0 Å². The zero-order valence-corrected chi connectivity index (χ0v) is 9.62. The van der Waals surface area contributed by atoms with E-state index < -0.39 is 6.10 Å². The third-order valence-electron chi connectivity index (χ3n) is 1.99. The molecule has 14 heavy (non-hydrogen) atoms. The zero-order valence-electron chi connectivity index (χ0n) is 8.03. The van der Waals surface area contributed by atoms with Crippen LogP contribution in [0.15, 0.2) is 22.7 Å². The fourth-order valence-corrected chi connectivity index (χ4v) is 1.61. The first-order valence-corrected chi connectivity index (χ1v) is 5.20. The molecule has 0 aliphatic carbocycles. The van der Waals surface area contributed by atoms with Crippen LogP contribution in [-0.4, -0.2) is 18.8 Å². The van der Waals surface area contributed by atoms with Crippen molar-refractivity contribution in [1.82, 2.24) is 0 Å². The van der Waals surface area contributed by atoms with Crippen molar-refractivity contribution < 1.29 is 9.84 Å². The molecule has 0 saturated carbocycles. The fourth-order valence-electron chi connectivity index (χ4n) is 1.27. The second-order valence-electron chi connectivity index (χ2n) is 2.98. The van der Waals surface area contributed by atoms with E-state index in [0.29, 0.717) is 18.7 Å². The number of methoxy groups -OCH3 is 1. The molecule has 0 fully saturated rings. The van der Waals surface area contributed by atoms with Crippen LogP contribution in [0.5, 0.6) is 5.75 Å². The lowest BCUT2D eigenvalue weighted by molar-refractivity contribution is 0.166. The molecule has 0 amide bonds. The zero-order chi connectivity index (χ0) is 10.6. The number of benzene rings is 1. The molecule has 3 nitrogen and oxygen atoms in total. The van der Waals surface area contributed by atoms with E-state index in [2.05, 4.69) is 15.9 Å². The third-order valence-corrected chi connectivity index (χ3v) is 2.49. The van der Waals surface area contributed by atoms with Crippen molar-refractivity contribution in [3.63, 3.8) is 0 Å². The van der Waals surface area contributed by atoms with Crippen LogP contribution in [0.3, 0.4) is 0 Å². The molecular formula is C10H14BrNO2. The van der Waals surface area contributed by atoms with Gasteiger partial charge >= 0.3 is 0 Å². The summed E-state index contributed by atoms with van der Waals surface area (Å²) in [6.07, 6.45) is -0.0131. The minimum Gasteiger partial charge on any atom is -0.496 e. The van der Waals surface area contributed by atoms with Gasteiger partial charge < -0.3 is 15.6 Å². The Balaban J connectivity index is 2.95.